The van der Waals surface area contributed by atoms with Crippen LogP contribution < -0.4 is 5.32 Å². The molecule has 0 bridgehead atoms. The van der Waals surface area contributed by atoms with Crippen molar-refractivity contribution < 1.29 is 9.59 Å². The summed E-state index contributed by atoms with van der Waals surface area (Å²) in [5.41, 5.74) is 0.613. The molecule has 1 aromatic carbocycles. The summed E-state index contributed by atoms with van der Waals surface area (Å²) in [4.78, 5) is 29.0. The first-order valence-electron chi connectivity index (χ1n) is 8.69. The van der Waals surface area contributed by atoms with Gasteiger partial charge in [0.05, 0.1) is 0 Å². The maximum absolute atomic E-state index is 12.5. The van der Waals surface area contributed by atoms with Crippen molar-refractivity contribution in [2.45, 2.75) is 31.7 Å². The topological polar surface area (TPSA) is 52.7 Å². The van der Waals surface area contributed by atoms with Crippen LogP contribution in [0.3, 0.4) is 0 Å². The average Bonchev–Trinajstić information content (AvgIpc) is 2.92. The number of nitrogens with zero attached hydrogens (tertiary/aromatic N) is 2. The summed E-state index contributed by atoms with van der Waals surface area (Å²) in [5.74, 6) is 0.0213. The smallest absolute Gasteiger partial charge is 0.251 e. The maximum atomic E-state index is 12.5. The second-order valence-corrected chi connectivity index (χ2v) is 7.45. The lowest BCUT2D eigenvalue weighted by Crippen LogP contribution is -2.40. The van der Waals surface area contributed by atoms with Gasteiger partial charge in [0, 0.05) is 48.7 Å². The largest absolute Gasteiger partial charge is 0.352 e. The molecule has 24 heavy (non-hydrogen) atoms. The molecule has 1 aromatic rings. The number of halogens is 1. The molecule has 0 radical (unpaired) electrons. The van der Waals surface area contributed by atoms with E-state index in [0.29, 0.717) is 24.6 Å². The van der Waals surface area contributed by atoms with Crippen molar-refractivity contribution in [1.29, 1.82) is 0 Å². The number of carbonyl (C=O) groups is 2. The number of nitrogens with one attached hydrogen (secondary N) is 1. The fourth-order valence-corrected chi connectivity index (χ4v) is 3.84. The van der Waals surface area contributed by atoms with E-state index in [0.717, 1.165) is 30.5 Å². The molecule has 0 aromatic heterocycles. The zero-order chi connectivity index (χ0) is 16.9. The first-order chi connectivity index (χ1) is 11.6. The Labute approximate surface area is 151 Å². The van der Waals surface area contributed by atoms with Gasteiger partial charge in [-0.1, -0.05) is 15.9 Å². The minimum Gasteiger partial charge on any atom is -0.352 e. The van der Waals surface area contributed by atoms with Crippen LogP contribution in [-0.2, 0) is 4.79 Å². The number of hydrogen-bond donors (Lipinski definition) is 1. The zero-order valence-corrected chi connectivity index (χ0v) is 15.4. The predicted octanol–water partition coefficient (Wildman–Crippen LogP) is 2.27. The van der Waals surface area contributed by atoms with Gasteiger partial charge in [-0.3, -0.25) is 14.5 Å². The maximum Gasteiger partial charge on any atom is 0.251 e. The quantitative estimate of drug-likeness (QED) is 0.853. The predicted molar refractivity (Wildman–Crippen MR) is 96.9 cm³/mol. The Morgan fingerprint density at radius 2 is 1.88 bits per heavy atom. The third-order valence-electron chi connectivity index (χ3n) is 4.89. The van der Waals surface area contributed by atoms with Gasteiger partial charge in [0.2, 0.25) is 5.91 Å². The van der Waals surface area contributed by atoms with Crippen molar-refractivity contribution in [3.05, 3.63) is 34.3 Å². The fraction of sp³-hybridized carbons (Fsp3) is 0.556. The molecule has 3 rings (SSSR count). The second-order valence-electron chi connectivity index (χ2n) is 6.54. The lowest BCUT2D eigenvalue weighted by Gasteiger charge is -2.25. The Bertz CT molecular complexity index is 590. The van der Waals surface area contributed by atoms with E-state index in [4.69, 9.17) is 0 Å². The van der Waals surface area contributed by atoms with Crippen molar-refractivity contribution in [2.24, 2.45) is 0 Å². The van der Waals surface area contributed by atoms with Crippen molar-refractivity contribution in [3.63, 3.8) is 0 Å². The first-order valence-corrected chi connectivity index (χ1v) is 9.48. The van der Waals surface area contributed by atoms with Gasteiger partial charge >= 0.3 is 0 Å². The second kappa shape index (κ2) is 8.12. The SMILES string of the molecule is O=C(NCCC(=O)N1CCCN2CCC[C@@H]2C1)c1ccc(Br)cc1. The van der Waals surface area contributed by atoms with Crippen LogP contribution in [0.2, 0.25) is 0 Å². The summed E-state index contributed by atoms with van der Waals surface area (Å²) in [5, 5.41) is 2.84. The van der Waals surface area contributed by atoms with Gasteiger partial charge in [-0.15, -0.1) is 0 Å². The van der Waals surface area contributed by atoms with Crippen LogP contribution in [0.5, 0.6) is 0 Å². The molecule has 2 heterocycles. The normalized spacial score (nSPS) is 21.2. The number of rotatable bonds is 4. The lowest BCUT2D eigenvalue weighted by atomic mass is 10.2. The van der Waals surface area contributed by atoms with E-state index in [2.05, 4.69) is 26.1 Å². The van der Waals surface area contributed by atoms with E-state index >= 15 is 0 Å². The molecule has 130 valence electrons. The Morgan fingerprint density at radius 3 is 2.67 bits per heavy atom. The molecule has 2 aliphatic rings. The number of carbonyl (C=O) groups excluding carboxylic acids is 2. The standard InChI is InChI=1S/C18H24BrN3O2/c19-15-6-4-14(5-7-15)18(24)20-9-8-17(23)22-12-2-11-21-10-1-3-16(21)13-22/h4-7,16H,1-3,8-13H2,(H,20,24)/t16-/m1/s1. The Kier molecular flexibility index (Phi) is 5.89. The molecule has 2 fully saturated rings. The molecule has 2 saturated heterocycles. The summed E-state index contributed by atoms with van der Waals surface area (Å²) < 4.78 is 0.941. The molecule has 0 aliphatic carbocycles. The minimum absolute atomic E-state index is 0.131. The highest BCUT2D eigenvalue weighted by Gasteiger charge is 2.30. The third kappa shape index (κ3) is 4.36. The Balaban J connectivity index is 1.45. The average molecular weight is 394 g/mol. The van der Waals surface area contributed by atoms with Gasteiger partial charge in [0.25, 0.3) is 5.91 Å². The molecule has 1 N–H and O–H groups in total. The number of fused-ring (bicyclic) bond motifs is 1. The summed E-state index contributed by atoms with van der Waals surface area (Å²) in [6.07, 6.45) is 3.86. The van der Waals surface area contributed by atoms with Gasteiger partial charge in [0.15, 0.2) is 0 Å². The van der Waals surface area contributed by atoms with Crippen LogP contribution in [-0.4, -0.2) is 60.4 Å². The zero-order valence-electron chi connectivity index (χ0n) is 13.8. The van der Waals surface area contributed by atoms with Crippen molar-refractivity contribution >= 4 is 27.7 Å². The van der Waals surface area contributed by atoms with Crippen LogP contribution in [0.25, 0.3) is 0 Å². The Morgan fingerprint density at radius 1 is 1.12 bits per heavy atom. The van der Waals surface area contributed by atoms with Crippen LogP contribution >= 0.6 is 15.9 Å². The molecule has 0 saturated carbocycles. The highest BCUT2D eigenvalue weighted by molar-refractivity contribution is 9.10. The first kappa shape index (κ1) is 17.4. The third-order valence-corrected chi connectivity index (χ3v) is 5.42. The van der Waals surface area contributed by atoms with Gasteiger partial charge in [0.1, 0.15) is 0 Å². The van der Waals surface area contributed by atoms with Crippen LogP contribution in [0.4, 0.5) is 0 Å². The van der Waals surface area contributed by atoms with Gasteiger partial charge in [-0.25, -0.2) is 0 Å². The molecule has 6 heteroatoms. The van der Waals surface area contributed by atoms with Gasteiger partial charge in [-0.05, 0) is 50.1 Å². The summed E-state index contributed by atoms with van der Waals surface area (Å²) in [6, 6.07) is 7.75. The van der Waals surface area contributed by atoms with E-state index in [1.165, 1.54) is 19.4 Å². The molecular formula is C18H24BrN3O2. The van der Waals surface area contributed by atoms with E-state index < -0.39 is 0 Å². The van der Waals surface area contributed by atoms with E-state index in [1.807, 2.05) is 17.0 Å². The monoisotopic (exact) mass is 393 g/mol. The highest BCUT2D eigenvalue weighted by Crippen LogP contribution is 2.21. The summed E-state index contributed by atoms with van der Waals surface area (Å²) >= 11 is 3.35. The molecule has 2 amide bonds. The van der Waals surface area contributed by atoms with Crippen molar-refractivity contribution in [3.8, 4) is 0 Å². The number of benzene rings is 1. The Hall–Kier alpha value is -1.40. The van der Waals surface area contributed by atoms with Crippen molar-refractivity contribution in [1.82, 2.24) is 15.1 Å². The van der Waals surface area contributed by atoms with Crippen molar-refractivity contribution in [2.75, 3.05) is 32.7 Å². The molecule has 5 nitrogen and oxygen atoms in total. The molecule has 1 atom stereocenters. The number of amides is 2. The van der Waals surface area contributed by atoms with E-state index in [1.54, 1.807) is 12.1 Å². The molecule has 0 spiro atoms. The minimum atomic E-state index is -0.131. The highest BCUT2D eigenvalue weighted by atomic mass is 79.9. The molecule has 2 aliphatic heterocycles. The molecule has 0 unspecified atom stereocenters. The fourth-order valence-electron chi connectivity index (χ4n) is 3.58. The van der Waals surface area contributed by atoms with Crippen LogP contribution in [0, 0.1) is 0 Å². The van der Waals surface area contributed by atoms with Crippen LogP contribution in [0.1, 0.15) is 36.0 Å². The lowest BCUT2D eigenvalue weighted by molar-refractivity contribution is -0.131. The summed E-state index contributed by atoms with van der Waals surface area (Å²) in [7, 11) is 0. The number of hydrogen-bond acceptors (Lipinski definition) is 3. The van der Waals surface area contributed by atoms with Gasteiger partial charge in [-0.2, -0.15) is 0 Å². The van der Waals surface area contributed by atoms with Gasteiger partial charge < -0.3 is 10.2 Å². The summed E-state index contributed by atoms with van der Waals surface area (Å²) in [6.45, 7) is 4.36. The van der Waals surface area contributed by atoms with Crippen LogP contribution in [0.15, 0.2) is 28.7 Å². The van der Waals surface area contributed by atoms with E-state index in [9.17, 15) is 9.59 Å². The molecular weight excluding hydrogens is 370 g/mol. The van der Waals surface area contributed by atoms with E-state index in [-0.39, 0.29) is 11.8 Å².